The number of Topliss-reactive ketones (excluding diaryl/α,β-unsaturated/α-hetero) is 2. The van der Waals surface area contributed by atoms with Crippen LogP contribution in [0.3, 0.4) is 0 Å². The number of halogens is 3. The quantitative estimate of drug-likeness (QED) is 0.667. The van der Waals surface area contributed by atoms with Crippen LogP contribution in [-0.2, 0) is 9.59 Å². The molecule has 1 aliphatic carbocycles. The smallest absolute Gasteiger partial charge is 0.218 e. The Morgan fingerprint density at radius 2 is 1.85 bits per heavy atom. The lowest BCUT2D eigenvalue weighted by Crippen LogP contribution is -2.16. The summed E-state index contributed by atoms with van der Waals surface area (Å²) in [6.07, 6.45) is 3.12. The fourth-order valence-electron chi connectivity index (χ4n) is 1.47. The minimum Gasteiger partial charge on any atom is -0.358 e. The first kappa shape index (κ1) is 15.3. The topological polar surface area (TPSA) is 59.1 Å². The maximum atomic E-state index is 12.1. The minimum atomic E-state index is -0.665. The van der Waals surface area contributed by atoms with E-state index < -0.39 is 11.6 Å². The number of allylic oxidation sites excluding steroid dienone is 4. The van der Waals surface area contributed by atoms with Gasteiger partial charge in [-0.2, -0.15) is 0 Å². The molecule has 0 radical (unpaired) electrons. The van der Waals surface area contributed by atoms with E-state index in [0.717, 1.165) is 0 Å². The number of carbonyl (C=O) groups excluding carboxylic acids is 2. The lowest BCUT2D eigenvalue weighted by atomic mass is 10.0. The number of nitrogens with zero attached hydrogens (tertiary/aromatic N) is 1. The third-order valence-corrected chi connectivity index (χ3v) is 4.54. The van der Waals surface area contributed by atoms with Gasteiger partial charge >= 0.3 is 0 Å². The zero-order valence-electron chi connectivity index (χ0n) is 9.87. The average Bonchev–Trinajstić information content (AvgIpc) is 2.89. The van der Waals surface area contributed by atoms with E-state index >= 15 is 0 Å². The summed E-state index contributed by atoms with van der Waals surface area (Å²) < 4.78 is 0. The van der Waals surface area contributed by atoms with Crippen LogP contribution in [0.15, 0.2) is 33.9 Å². The molecule has 2 rings (SSSR count). The Balaban J connectivity index is 2.41. The van der Waals surface area contributed by atoms with Gasteiger partial charge in [0.15, 0.2) is 5.13 Å². The summed E-state index contributed by atoms with van der Waals surface area (Å²) >= 11 is 18.5. The van der Waals surface area contributed by atoms with Crippen LogP contribution in [0.5, 0.6) is 0 Å². The van der Waals surface area contributed by atoms with Crippen LogP contribution in [-0.4, -0.2) is 23.1 Å². The molecule has 1 aromatic heterocycles. The molecule has 8 heteroatoms. The Labute approximate surface area is 133 Å². The number of hydrogen-bond acceptors (Lipinski definition) is 5. The van der Waals surface area contributed by atoms with Gasteiger partial charge in [-0.15, -0.1) is 6.58 Å². The van der Waals surface area contributed by atoms with E-state index in [0.29, 0.717) is 16.6 Å². The van der Waals surface area contributed by atoms with Gasteiger partial charge in [0.2, 0.25) is 11.6 Å². The number of thiazole rings is 1. The SMILES string of the molecule is C=CCNc1ncc(C2=C(Cl)C(=O)C(Cl)=C(Cl)C2=O)s1. The van der Waals surface area contributed by atoms with Crippen molar-refractivity contribution in [2.45, 2.75) is 0 Å². The zero-order chi connectivity index (χ0) is 14.9. The van der Waals surface area contributed by atoms with Crippen molar-refractivity contribution in [3.8, 4) is 0 Å². The van der Waals surface area contributed by atoms with Crippen molar-refractivity contribution in [1.29, 1.82) is 0 Å². The van der Waals surface area contributed by atoms with E-state index in [4.69, 9.17) is 34.8 Å². The summed E-state index contributed by atoms with van der Waals surface area (Å²) in [7, 11) is 0. The lowest BCUT2D eigenvalue weighted by molar-refractivity contribution is -0.114. The summed E-state index contributed by atoms with van der Waals surface area (Å²) in [5.74, 6) is -1.25. The summed E-state index contributed by atoms with van der Waals surface area (Å²) in [5, 5.41) is 2.61. The van der Waals surface area contributed by atoms with Crippen LogP contribution < -0.4 is 5.32 Å². The summed E-state index contributed by atoms with van der Waals surface area (Å²) in [6.45, 7) is 4.10. The second-order valence-electron chi connectivity index (χ2n) is 3.67. The second-order valence-corrected chi connectivity index (χ2v) is 5.84. The van der Waals surface area contributed by atoms with Crippen LogP contribution in [0.1, 0.15) is 4.88 Å². The molecule has 1 heterocycles. The van der Waals surface area contributed by atoms with Crippen LogP contribution >= 0.6 is 46.1 Å². The molecule has 0 fully saturated rings. The average molecular weight is 350 g/mol. The molecule has 0 aromatic carbocycles. The highest BCUT2D eigenvalue weighted by Crippen LogP contribution is 2.38. The molecule has 1 N–H and O–H groups in total. The van der Waals surface area contributed by atoms with Crippen LogP contribution in [0, 0.1) is 0 Å². The third kappa shape index (κ3) is 2.67. The highest BCUT2D eigenvalue weighted by molar-refractivity contribution is 7.17. The Morgan fingerprint density at radius 3 is 2.50 bits per heavy atom. The number of aromatic nitrogens is 1. The number of anilines is 1. The number of carbonyl (C=O) groups is 2. The van der Waals surface area contributed by atoms with Crippen molar-refractivity contribution in [2.75, 3.05) is 11.9 Å². The van der Waals surface area contributed by atoms with E-state index in [-0.39, 0.29) is 20.7 Å². The summed E-state index contributed by atoms with van der Waals surface area (Å²) in [4.78, 5) is 28.4. The highest BCUT2D eigenvalue weighted by Gasteiger charge is 2.34. The number of ketones is 2. The van der Waals surface area contributed by atoms with Crippen molar-refractivity contribution in [1.82, 2.24) is 4.98 Å². The van der Waals surface area contributed by atoms with E-state index in [1.807, 2.05) is 0 Å². The standard InChI is InChI=1S/C12H7Cl3N2O2S/c1-2-3-16-12-17-4-5(20-12)6-7(13)11(19)9(15)8(14)10(6)18/h2,4H,1,3H2,(H,16,17). The molecule has 0 saturated carbocycles. The predicted molar refractivity (Wildman–Crippen MR) is 82.3 cm³/mol. The molecule has 0 atom stereocenters. The first-order valence-corrected chi connectivity index (χ1v) is 7.27. The van der Waals surface area contributed by atoms with Crippen LogP contribution in [0.2, 0.25) is 0 Å². The van der Waals surface area contributed by atoms with Crippen molar-refractivity contribution >= 4 is 68.4 Å². The second kappa shape index (κ2) is 6.10. The van der Waals surface area contributed by atoms with Gasteiger partial charge in [0.1, 0.15) is 15.1 Å². The molecule has 4 nitrogen and oxygen atoms in total. The fourth-order valence-corrected chi connectivity index (χ4v) is 3.09. The van der Waals surface area contributed by atoms with Crippen LogP contribution in [0.25, 0.3) is 5.57 Å². The maximum absolute atomic E-state index is 12.1. The van der Waals surface area contributed by atoms with Crippen molar-refractivity contribution in [3.63, 3.8) is 0 Å². The van der Waals surface area contributed by atoms with Gasteiger partial charge in [0.25, 0.3) is 0 Å². The molecule has 0 saturated heterocycles. The summed E-state index contributed by atoms with van der Waals surface area (Å²) in [5.41, 5.74) is 0.0234. The van der Waals surface area contributed by atoms with Gasteiger partial charge in [0.05, 0.1) is 10.5 Å². The van der Waals surface area contributed by atoms with Crippen LogP contribution in [0.4, 0.5) is 5.13 Å². The number of nitrogens with one attached hydrogen (secondary N) is 1. The van der Waals surface area contributed by atoms with Crippen molar-refractivity contribution in [3.05, 3.63) is 38.8 Å². The Bertz CT molecular complexity index is 676. The Hall–Kier alpha value is -1.14. The first-order valence-electron chi connectivity index (χ1n) is 5.32. The molecule has 0 aliphatic heterocycles. The molecular weight excluding hydrogens is 343 g/mol. The van der Waals surface area contributed by atoms with Crippen molar-refractivity contribution in [2.24, 2.45) is 0 Å². The fraction of sp³-hybridized carbons (Fsp3) is 0.0833. The minimum absolute atomic E-state index is 0.0234. The van der Waals surface area contributed by atoms with E-state index in [1.165, 1.54) is 17.5 Å². The van der Waals surface area contributed by atoms with E-state index in [9.17, 15) is 9.59 Å². The van der Waals surface area contributed by atoms with Gasteiger partial charge in [0, 0.05) is 12.7 Å². The largest absolute Gasteiger partial charge is 0.358 e. The molecule has 0 unspecified atom stereocenters. The van der Waals surface area contributed by atoms with Crippen molar-refractivity contribution < 1.29 is 9.59 Å². The summed E-state index contributed by atoms with van der Waals surface area (Å²) in [6, 6.07) is 0. The third-order valence-electron chi connectivity index (χ3n) is 2.39. The number of rotatable bonds is 4. The molecule has 104 valence electrons. The van der Waals surface area contributed by atoms with Gasteiger partial charge in [-0.3, -0.25) is 9.59 Å². The lowest BCUT2D eigenvalue weighted by Gasteiger charge is -2.12. The molecule has 20 heavy (non-hydrogen) atoms. The normalized spacial score (nSPS) is 15.9. The Morgan fingerprint density at radius 1 is 1.20 bits per heavy atom. The highest BCUT2D eigenvalue weighted by atomic mass is 35.5. The Kier molecular flexibility index (Phi) is 4.65. The van der Waals surface area contributed by atoms with Gasteiger partial charge in [-0.05, 0) is 0 Å². The molecule has 0 amide bonds. The molecule has 0 bridgehead atoms. The maximum Gasteiger partial charge on any atom is 0.218 e. The van der Waals surface area contributed by atoms with E-state index in [2.05, 4.69) is 16.9 Å². The zero-order valence-corrected chi connectivity index (χ0v) is 13.0. The molecule has 1 aliphatic rings. The van der Waals surface area contributed by atoms with Gasteiger partial charge in [-0.25, -0.2) is 4.98 Å². The van der Waals surface area contributed by atoms with Gasteiger partial charge < -0.3 is 5.32 Å². The number of hydrogen-bond donors (Lipinski definition) is 1. The molecule has 1 aromatic rings. The van der Waals surface area contributed by atoms with Gasteiger partial charge in [-0.1, -0.05) is 52.2 Å². The molecular formula is C12H7Cl3N2O2S. The molecule has 0 spiro atoms. The predicted octanol–water partition coefficient (Wildman–Crippen LogP) is 3.53. The monoisotopic (exact) mass is 348 g/mol. The van der Waals surface area contributed by atoms with E-state index in [1.54, 1.807) is 6.08 Å². The first-order chi connectivity index (χ1) is 9.47.